The maximum Gasteiger partial charge on any atom is 0.137 e. The lowest BCUT2D eigenvalue weighted by Gasteiger charge is -2.16. The molecule has 0 saturated heterocycles. The van der Waals surface area contributed by atoms with Crippen LogP contribution in [0.2, 0.25) is 5.02 Å². The molecule has 0 amide bonds. The molecule has 0 heterocycles. The van der Waals surface area contributed by atoms with Gasteiger partial charge in [-0.15, -0.1) is 0 Å². The Hall–Kier alpha value is -0.890. The minimum Gasteiger partial charge on any atom is -0.299 e. The SMILES string of the molecule is CC(C)(C)CC(=O)Cc1cc(F)ccc1Cl. The number of Topliss-reactive ketones (excluding diaryl/α,β-unsaturated/α-hetero) is 1. The van der Waals surface area contributed by atoms with Gasteiger partial charge in [0.05, 0.1) is 0 Å². The highest BCUT2D eigenvalue weighted by atomic mass is 35.5. The molecule has 0 aliphatic carbocycles. The van der Waals surface area contributed by atoms with E-state index in [1.165, 1.54) is 18.2 Å². The molecular formula is C13H16ClFO. The van der Waals surface area contributed by atoms with Crippen LogP contribution >= 0.6 is 11.6 Å². The van der Waals surface area contributed by atoms with Crippen LogP contribution < -0.4 is 0 Å². The lowest BCUT2D eigenvalue weighted by molar-refractivity contribution is -0.120. The van der Waals surface area contributed by atoms with Crippen LogP contribution in [0.1, 0.15) is 32.8 Å². The van der Waals surface area contributed by atoms with E-state index in [0.717, 1.165) is 0 Å². The fraction of sp³-hybridized carbons (Fsp3) is 0.462. The van der Waals surface area contributed by atoms with Crippen molar-refractivity contribution >= 4 is 17.4 Å². The van der Waals surface area contributed by atoms with Crippen molar-refractivity contribution in [3.63, 3.8) is 0 Å². The van der Waals surface area contributed by atoms with Gasteiger partial charge in [-0.3, -0.25) is 4.79 Å². The van der Waals surface area contributed by atoms with E-state index in [0.29, 0.717) is 17.0 Å². The van der Waals surface area contributed by atoms with Gasteiger partial charge in [-0.2, -0.15) is 0 Å². The average molecular weight is 243 g/mol. The monoisotopic (exact) mass is 242 g/mol. The fourth-order valence-electron chi connectivity index (χ4n) is 1.55. The summed E-state index contributed by atoms with van der Waals surface area (Å²) in [4.78, 5) is 11.7. The molecule has 0 N–H and O–H groups in total. The molecule has 0 atom stereocenters. The smallest absolute Gasteiger partial charge is 0.137 e. The van der Waals surface area contributed by atoms with Crippen molar-refractivity contribution in [1.82, 2.24) is 0 Å². The summed E-state index contributed by atoms with van der Waals surface area (Å²) in [6.45, 7) is 5.99. The van der Waals surface area contributed by atoms with Crippen molar-refractivity contribution in [1.29, 1.82) is 0 Å². The number of rotatable bonds is 3. The largest absolute Gasteiger partial charge is 0.299 e. The molecule has 0 aromatic heterocycles. The Kier molecular flexibility index (Phi) is 4.09. The number of ketones is 1. The van der Waals surface area contributed by atoms with E-state index >= 15 is 0 Å². The summed E-state index contributed by atoms with van der Waals surface area (Å²) in [6, 6.07) is 4.10. The Labute approximate surface area is 101 Å². The second-order valence-corrected chi connectivity index (χ2v) is 5.60. The summed E-state index contributed by atoms with van der Waals surface area (Å²) in [5.41, 5.74) is 0.521. The van der Waals surface area contributed by atoms with Crippen molar-refractivity contribution in [2.24, 2.45) is 5.41 Å². The van der Waals surface area contributed by atoms with Gasteiger partial charge in [0.15, 0.2) is 0 Å². The van der Waals surface area contributed by atoms with E-state index in [1.54, 1.807) is 0 Å². The van der Waals surface area contributed by atoms with E-state index in [1.807, 2.05) is 20.8 Å². The van der Waals surface area contributed by atoms with Crippen LogP contribution in [0, 0.1) is 11.2 Å². The minimum atomic E-state index is -0.358. The first-order valence-corrected chi connectivity index (χ1v) is 5.61. The Bertz CT molecular complexity index is 393. The van der Waals surface area contributed by atoms with Crippen molar-refractivity contribution in [3.05, 3.63) is 34.6 Å². The van der Waals surface area contributed by atoms with Crippen LogP contribution in [0.25, 0.3) is 0 Å². The molecule has 16 heavy (non-hydrogen) atoms. The molecular weight excluding hydrogens is 227 g/mol. The predicted octanol–water partition coefficient (Wildman–Crippen LogP) is 4.03. The zero-order valence-corrected chi connectivity index (χ0v) is 10.6. The Morgan fingerprint density at radius 2 is 2.00 bits per heavy atom. The van der Waals surface area contributed by atoms with Gasteiger partial charge in [-0.05, 0) is 29.2 Å². The third-order valence-corrected chi connectivity index (χ3v) is 2.49. The molecule has 0 spiro atoms. The van der Waals surface area contributed by atoms with Crippen LogP contribution in [0.15, 0.2) is 18.2 Å². The van der Waals surface area contributed by atoms with E-state index < -0.39 is 0 Å². The highest BCUT2D eigenvalue weighted by Gasteiger charge is 2.17. The molecule has 0 radical (unpaired) electrons. The van der Waals surface area contributed by atoms with E-state index in [9.17, 15) is 9.18 Å². The molecule has 88 valence electrons. The van der Waals surface area contributed by atoms with Crippen LogP contribution in [0.5, 0.6) is 0 Å². The molecule has 0 aliphatic heterocycles. The first-order valence-electron chi connectivity index (χ1n) is 5.23. The van der Waals surface area contributed by atoms with Gasteiger partial charge in [-0.25, -0.2) is 4.39 Å². The molecule has 1 aromatic rings. The van der Waals surface area contributed by atoms with Crippen molar-refractivity contribution in [2.75, 3.05) is 0 Å². The Balaban J connectivity index is 2.73. The highest BCUT2D eigenvalue weighted by Crippen LogP contribution is 2.22. The summed E-state index contributed by atoms with van der Waals surface area (Å²) in [5.74, 6) is -0.275. The lowest BCUT2D eigenvalue weighted by atomic mass is 9.88. The van der Waals surface area contributed by atoms with Gasteiger partial charge in [-0.1, -0.05) is 32.4 Å². The lowest BCUT2D eigenvalue weighted by Crippen LogP contribution is -2.14. The van der Waals surface area contributed by atoms with Crippen LogP contribution in [-0.2, 0) is 11.2 Å². The first-order chi connectivity index (χ1) is 7.28. The standard InChI is InChI=1S/C13H16ClFO/c1-13(2,3)8-11(16)7-9-6-10(15)4-5-12(9)14/h4-6H,7-8H2,1-3H3. The minimum absolute atomic E-state index is 0.0448. The van der Waals surface area contributed by atoms with Gasteiger partial charge < -0.3 is 0 Å². The highest BCUT2D eigenvalue weighted by molar-refractivity contribution is 6.31. The summed E-state index contributed by atoms with van der Waals surface area (Å²) in [7, 11) is 0. The third-order valence-electron chi connectivity index (χ3n) is 2.12. The molecule has 0 bridgehead atoms. The van der Waals surface area contributed by atoms with Crippen molar-refractivity contribution in [3.8, 4) is 0 Å². The summed E-state index contributed by atoms with van der Waals surface area (Å²) < 4.78 is 13.0. The second kappa shape index (κ2) is 4.96. The Morgan fingerprint density at radius 1 is 1.38 bits per heavy atom. The van der Waals surface area contributed by atoms with Crippen molar-refractivity contribution < 1.29 is 9.18 Å². The molecule has 3 heteroatoms. The van der Waals surface area contributed by atoms with Gasteiger partial charge in [0.2, 0.25) is 0 Å². The van der Waals surface area contributed by atoms with Crippen LogP contribution in [0.3, 0.4) is 0 Å². The summed E-state index contributed by atoms with van der Waals surface area (Å²) in [5, 5.41) is 0.448. The maximum atomic E-state index is 13.0. The predicted molar refractivity (Wildman–Crippen MR) is 64.2 cm³/mol. The summed E-state index contributed by atoms with van der Waals surface area (Å²) in [6.07, 6.45) is 0.674. The third kappa shape index (κ3) is 4.31. The quantitative estimate of drug-likeness (QED) is 0.782. The van der Waals surface area contributed by atoms with E-state index in [-0.39, 0.29) is 23.4 Å². The topological polar surface area (TPSA) is 17.1 Å². The second-order valence-electron chi connectivity index (χ2n) is 5.19. The first kappa shape index (κ1) is 13.2. The fourth-order valence-corrected chi connectivity index (χ4v) is 1.73. The number of hydrogen-bond donors (Lipinski definition) is 0. The average Bonchev–Trinajstić information content (AvgIpc) is 2.08. The van der Waals surface area contributed by atoms with E-state index in [4.69, 9.17) is 11.6 Å². The normalized spacial score (nSPS) is 11.6. The molecule has 1 nitrogen and oxygen atoms in total. The van der Waals surface area contributed by atoms with Gasteiger partial charge in [0.25, 0.3) is 0 Å². The number of halogens is 2. The van der Waals surface area contributed by atoms with Crippen molar-refractivity contribution in [2.45, 2.75) is 33.6 Å². The van der Waals surface area contributed by atoms with Crippen LogP contribution in [-0.4, -0.2) is 5.78 Å². The van der Waals surface area contributed by atoms with Crippen LogP contribution in [0.4, 0.5) is 4.39 Å². The number of benzene rings is 1. The Morgan fingerprint density at radius 3 is 2.56 bits per heavy atom. The number of carbonyl (C=O) groups excluding carboxylic acids is 1. The number of hydrogen-bond acceptors (Lipinski definition) is 1. The van der Waals surface area contributed by atoms with Gasteiger partial charge in [0.1, 0.15) is 11.6 Å². The molecule has 0 fully saturated rings. The summed E-state index contributed by atoms with van der Waals surface area (Å²) >= 11 is 5.89. The van der Waals surface area contributed by atoms with Gasteiger partial charge >= 0.3 is 0 Å². The molecule has 1 rings (SSSR count). The zero-order chi connectivity index (χ0) is 12.3. The molecule has 0 saturated carbocycles. The maximum absolute atomic E-state index is 13.0. The molecule has 0 aliphatic rings. The number of carbonyl (C=O) groups is 1. The van der Waals surface area contributed by atoms with Gasteiger partial charge in [0, 0.05) is 17.9 Å². The van der Waals surface area contributed by atoms with E-state index in [2.05, 4.69) is 0 Å². The zero-order valence-electron chi connectivity index (χ0n) is 9.81. The molecule has 1 aromatic carbocycles. The molecule has 0 unspecified atom stereocenters.